The van der Waals surface area contributed by atoms with Crippen LogP contribution in [0.3, 0.4) is 0 Å². The largest absolute Gasteiger partial charge is 0.353 e. The number of benzene rings is 4. The predicted octanol–water partition coefficient (Wildman–Crippen LogP) is 7.29. The van der Waals surface area contributed by atoms with Crippen LogP contribution in [0.1, 0.15) is 17.0 Å². The van der Waals surface area contributed by atoms with Gasteiger partial charge in [0.25, 0.3) is 5.56 Å². The molecule has 1 amide bonds. The lowest BCUT2D eigenvalue weighted by atomic mass is 10.1. The van der Waals surface area contributed by atoms with E-state index in [1.165, 1.54) is 4.68 Å². The Balaban J connectivity index is 1.49. The van der Waals surface area contributed by atoms with E-state index < -0.39 is 0 Å². The zero-order valence-electron chi connectivity index (χ0n) is 21.3. The van der Waals surface area contributed by atoms with Gasteiger partial charge >= 0.3 is 0 Å². The van der Waals surface area contributed by atoms with Crippen molar-refractivity contribution in [3.63, 3.8) is 0 Å². The lowest BCUT2D eigenvalue weighted by Gasteiger charge is -2.18. The molecule has 1 heterocycles. The molecule has 0 saturated carbocycles. The maximum Gasteiger partial charge on any atom is 0.280 e. The van der Waals surface area contributed by atoms with E-state index in [4.69, 9.17) is 28.2 Å². The maximum atomic E-state index is 13.6. The number of amides is 1. The molecule has 40 heavy (non-hydrogen) atoms. The van der Waals surface area contributed by atoms with Gasteiger partial charge in [0, 0.05) is 22.3 Å². The number of rotatable bonds is 8. The average molecular weight is 637 g/mol. The van der Waals surface area contributed by atoms with E-state index in [-0.39, 0.29) is 24.4 Å². The van der Waals surface area contributed by atoms with Gasteiger partial charge in [-0.2, -0.15) is 0 Å². The quantitative estimate of drug-likeness (QED) is 0.166. The number of nitrogens with zero attached hydrogens (tertiary/aromatic N) is 2. The Bertz CT molecular complexity index is 1770. The number of aryl methyl sites for hydroxylation is 1. The van der Waals surface area contributed by atoms with Crippen molar-refractivity contribution in [1.82, 2.24) is 9.66 Å². The third kappa shape index (κ3) is 6.14. The number of aromatic nitrogens is 2. The second-order valence-corrected chi connectivity index (χ2v) is 10.8. The monoisotopic (exact) mass is 635 g/mol. The second kappa shape index (κ2) is 12.1. The highest BCUT2D eigenvalue weighted by Gasteiger charge is 2.16. The summed E-state index contributed by atoms with van der Waals surface area (Å²) in [6.07, 6.45) is 0.277. The normalized spacial score (nSPS) is 10.9. The Morgan fingerprint density at radius 2 is 1.62 bits per heavy atom. The SMILES string of the molecule is Cc1ccccc1NC(=O)CNn1c(Cc2ccccc2Nc2c(Cl)cccc2Cl)nc2ccc(Br)cc2c1=O. The van der Waals surface area contributed by atoms with Crippen molar-refractivity contribution in [2.75, 3.05) is 22.6 Å². The zero-order valence-corrected chi connectivity index (χ0v) is 24.4. The van der Waals surface area contributed by atoms with Gasteiger partial charge in [0.2, 0.25) is 5.91 Å². The van der Waals surface area contributed by atoms with Crippen LogP contribution in [-0.2, 0) is 11.2 Å². The fourth-order valence-corrected chi connectivity index (χ4v) is 5.12. The molecule has 7 nitrogen and oxygen atoms in total. The molecule has 0 bridgehead atoms. The van der Waals surface area contributed by atoms with E-state index in [0.29, 0.717) is 38.1 Å². The van der Waals surface area contributed by atoms with Crippen LogP contribution in [0.4, 0.5) is 17.1 Å². The molecule has 1 aromatic heterocycles. The van der Waals surface area contributed by atoms with E-state index in [1.54, 1.807) is 30.3 Å². The van der Waals surface area contributed by atoms with Crippen molar-refractivity contribution in [2.24, 2.45) is 0 Å². The van der Waals surface area contributed by atoms with Gasteiger partial charge in [0.05, 0.1) is 26.6 Å². The summed E-state index contributed by atoms with van der Waals surface area (Å²) in [6.45, 7) is 1.77. The molecule has 0 aliphatic heterocycles. The number of hydrogen-bond acceptors (Lipinski definition) is 5. The van der Waals surface area contributed by atoms with Crippen molar-refractivity contribution < 1.29 is 4.79 Å². The van der Waals surface area contributed by atoms with Crippen LogP contribution in [0, 0.1) is 6.92 Å². The molecule has 0 radical (unpaired) electrons. The molecule has 0 atom stereocenters. The van der Waals surface area contributed by atoms with Crippen LogP contribution >= 0.6 is 39.1 Å². The fourth-order valence-electron chi connectivity index (χ4n) is 4.26. The minimum absolute atomic E-state index is 0.141. The van der Waals surface area contributed by atoms with Gasteiger partial charge in [0.1, 0.15) is 12.4 Å². The minimum atomic E-state index is -0.315. The molecule has 4 aromatic carbocycles. The Morgan fingerprint density at radius 3 is 2.38 bits per heavy atom. The van der Waals surface area contributed by atoms with Crippen molar-refractivity contribution in [1.29, 1.82) is 0 Å². The number of halogens is 3. The molecule has 202 valence electrons. The minimum Gasteiger partial charge on any atom is -0.353 e. The molecule has 3 N–H and O–H groups in total. The summed E-state index contributed by atoms with van der Waals surface area (Å²) in [5, 5.41) is 7.58. The van der Waals surface area contributed by atoms with E-state index in [1.807, 2.05) is 61.5 Å². The Kier molecular flexibility index (Phi) is 8.40. The Hall–Kier alpha value is -3.85. The third-order valence-electron chi connectivity index (χ3n) is 6.30. The third-order valence-corrected chi connectivity index (χ3v) is 7.43. The lowest BCUT2D eigenvalue weighted by molar-refractivity contribution is -0.114. The standard InChI is InChI=1S/C30H24BrCl2N5O2/c1-18-7-2-4-11-24(18)36-28(39)17-34-38-27(35-26-14-13-20(31)16-21(26)30(38)40)15-19-8-3-5-12-25(19)37-29-22(32)9-6-10-23(29)33/h2-14,16,34,37H,15,17H2,1H3,(H,36,39). The highest BCUT2D eigenvalue weighted by atomic mass is 79.9. The molecule has 0 aliphatic rings. The lowest BCUT2D eigenvalue weighted by Crippen LogP contribution is -2.37. The van der Waals surface area contributed by atoms with Gasteiger partial charge in [-0.3, -0.25) is 9.59 Å². The number of fused-ring (bicyclic) bond motifs is 1. The summed E-state index contributed by atoms with van der Waals surface area (Å²) in [5.74, 6) is 0.139. The molecule has 0 unspecified atom stereocenters. The average Bonchev–Trinajstić information content (AvgIpc) is 2.93. The molecule has 10 heteroatoms. The Morgan fingerprint density at radius 1 is 0.925 bits per heavy atom. The van der Waals surface area contributed by atoms with Crippen LogP contribution in [0.5, 0.6) is 0 Å². The number of para-hydroxylation sites is 3. The van der Waals surface area contributed by atoms with Gasteiger partial charge in [-0.15, -0.1) is 0 Å². The molecule has 5 rings (SSSR count). The highest BCUT2D eigenvalue weighted by Crippen LogP contribution is 2.34. The first-order valence-corrected chi connectivity index (χ1v) is 13.9. The maximum absolute atomic E-state index is 13.6. The molecular formula is C30H24BrCl2N5O2. The summed E-state index contributed by atoms with van der Waals surface area (Å²) >= 11 is 16.2. The summed E-state index contributed by atoms with van der Waals surface area (Å²) in [4.78, 5) is 31.2. The van der Waals surface area contributed by atoms with Crippen molar-refractivity contribution in [3.8, 4) is 0 Å². The van der Waals surface area contributed by atoms with E-state index in [2.05, 4.69) is 32.0 Å². The first-order valence-electron chi connectivity index (χ1n) is 12.4. The van der Waals surface area contributed by atoms with Crippen LogP contribution in [0.25, 0.3) is 10.9 Å². The van der Waals surface area contributed by atoms with E-state index in [0.717, 1.165) is 21.3 Å². The first kappa shape index (κ1) is 27.7. The van der Waals surface area contributed by atoms with Gasteiger partial charge in [-0.25, -0.2) is 9.66 Å². The van der Waals surface area contributed by atoms with Crippen LogP contribution in [0.15, 0.2) is 94.2 Å². The molecular weight excluding hydrogens is 613 g/mol. The van der Waals surface area contributed by atoms with Gasteiger partial charge < -0.3 is 16.1 Å². The molecule has 0 fully saturated rings. The summed E-state index contributed by atoms with van der Waals surface area (Å²) < 4.78 is 2.09. The van der Waals surface area contributed by atoms with Gasteiger partial charge in [-0.05, 0) is 60.5 Å². The second-order valence-electron chi connectivity index (χ2n) is 9.08. The van der Waals surface area contributed by atoms with Gasteiger partial charge in [0.15, 0.2) is 0 Å². The van der Waals surface area contributed by atoms with Gasteiger partial charge in [-0.1, -0.05) is 81.6 Å². The summed E-state index contributed by atoms with van der Waals surface area (Å²) in [7, 11) is 0. The predicted molar refractivity (Wildman–Crippen MR) is 167 cm³/mol. The Labute approximate surface area is 249 Å². The molecule has 5 aromatic rings. The zero-order chi connectivity index (χ0) is 28.2. The number of carbonyl (C=O) groups excluding carboxylic acids is 1. The number of anilines is 3. The van der Waals surface area contributed by atoms with Crippen molar-refractivity contribution >= 4 is 73.0 Å². The van der Waals surface area contributed by atoms with Crippen LogP contribution in [-0.4, -0.2) is 22.1 Å². The van der Waals surface area contributed by atoms with Crippen molar-refractivity contribution in [3.05, 3.63) is 127 Å². The van der Waals surface area contributed by atoms with Crippen LogP contribution in [0.2, 0.25) is 10.0 Å². The summed E-state index contributed by atoms with van der Waals surface area (Å²) in [5.41, 5.74) is 7.06. The molecule has 0 spiro atoms. The number of carbonyl (C=O) groups is 1. The van der Waals surface area contributed by atoms with E-state index >= 15 is 0 Å². The summed E-state index contributed by atoms with van der Waals surface area (Å²) in [6, 6.07) is 25.7. The van der Waals surface area contributed by atoms with Crippen LogP contribution < -0.4 is 21.6 Å². The number of hydrogen-bond donors (Lipinski definition) is 3. The highest BCUT2D eigenvalue weighted by molar-refractivity contribution is 9.10. The topological polar surface area (TPSA) is 88.1 Å². The smallest absolute Gasteiger partial charge is 0.280 e. The first-order chi connectivity index (χ1) is 19.3. The molecule has 0 saturated heterocycles. The number of nitrogens with one attached hydrogen (secondary N) is 3. The molecule has 0 aliphatic carbocycles. The van der Waals surface area contributed by atoms with Crippen molar-refractivity contribution in [2.45, 2.75) is 13.3 Å². The fraction of sp³-hybridized carbons (Fsp3) is 0.100. The van der Waals surface area contributed by atoms with E-state index in [9.17, 15) is 9.59 Å².